The van der Waals surface area contributed by atoms with Gasteiger partial charge in [0.15, 0.2) is 0 Å². The Morgan fingerprint density at radius 3 is 2.54 bits per heavy atom. The second-order valence-electron chi connectivity index (χ2n) is 7.08. The minimum Gasteiger partial charge on any atom is -0.368 e. The maximum Gasteiger partial charge on any atom is 0.235 e. The van der Waals surface area contributed by atoms with Gasteiger partial charge in [-0.15, -0.1) is 0 Å². The highest BCUT2D eigenvalue weighted by molar-refractivity contribution is 5.87. The van der Waals surface area contributed by atoms with Crippen LogP contribution in [0.25, 0.3) is 27.8 Å². The maximum atomic E-state index is 11.6. The highest BCUT2D eigenvalue weighted by Gasteiger charge is 2.21. The van der Waals surface area contributed by atoms with Crippen LogP contribution in [-0.4, -0.2) is 25.7 Å². The first-order chi connectivity index (χ1) is 13.5. The molecule has 0 spiro atoms. The lowest BCUT2D eigenvalue weighted by Crippen LogP contribution is -2.29. The molecule has 0 aliphatic carbocycles. The second kappa shape index (κ2) is 6.71. The number of amides is 1. The van der Waals surface area contributed by atoms with Crippen molar-refractivity contribution in [3.63, 3.8) is 0 Å². The summed E-state index contributed by atoms with van der Waals surface area (Å²) in [5, 5.41) is 11.3. The second-order valence-corrected chi connectivity index (χ2v) is 7.08. The largest absolute Gasteiger partial charge is 0.368 e. The van der Waals surface area contributed by atoms with Gasteiger partial charge in [0.05, 0.1) is 23.5 Å². The topological polar surface area (TPSA) is 89.1 Å². The summed E-state index contributed by atoms with van der Waals surface area (Å²) >= 11 is 0. The van der Waals surface area contributed by atoms with Crippen LogP contribution < -0.4 is 5.73 Å². The molecule has 6 heteroatoms. The third-order valence-electron chi connectivity index (χ3n) is 4.69. The number of aromatic amines is 1. The van der Waals surface area contributed by atoms with Crippen molar-refractivity contribution < 1.29 is 4.79 Å². The van der Waals surface area contributed by atoms with E-state index in [0.717, 1.165) is 33.3 Å². The van der Waals surface area contributed by atoms with Crippen molar-refractivity contribution >= 4 is 11.4 Å². The lowest BCUT2D eigenvalue weighted by Gasteiger charge is -2.11. The zero-order valence-corrected chi connectivity index (χ0v) is 15.6. The number of carbonyl (C=O) groups excluding carboxylic acids is 1. The molecule has 3 aromatic heterocycles. The van der Waals surface area contributed by atoms with E-state index >= 15 is 0 Å². The van der Waals surface area contributed by atoms with Crippen LogP contribution in [-0.2, 0) is 4.79 Å². The van der Waals surface area contributed by atoms with Crippen LogP contribution in [0.5, 0.6) is 0 Å². The van der Waals surface area contributed by atoms with Crippen LogP contribution in [0.3, 0.4) is 0 Å². The van der Waals surface area contributed by atoms with Gasteiger partial charge in [-0.3, -0.25) is 9.89 Å². The van der Waals surface area contributed by atoms with E-state index < -0.39 is 11.3 Å². The summed E-state index contributed by atoms with van der Waals surface area (Å²) in [4.78, 5) is 11.6. The number of rotatable bonds is 3. The summed E-state index contributed by atoms with van der Waals surface area (Å²) in [5.74, 6) is 5.65. The highest BCUT2D eigenvalue weighted by atomic mass is 16.1. The molecule has 3 N–H and O–H groups in total. The molecule has 1 aromatic carbocycles. The molecule has 0 bridgehead atoms. The van der Waals surface area contributed by atoms with Gasteiger partial charge in [0, 0.05) is 23.5 Å². The fraction of sp³-hybridized carbons (Fsp3) is 0.136. The summed E-state index contributed by atoms with van der Waals surface area (Å²) < 4.78 is 1.79. The number of fused-ring (bicyclic) bond motifs is 1. The van der Waals surface area contributed by atoms with Crippen LogP contribution in [0.2, 0.25) is 0 Å². The number of benzene rings is 1. The van der Waals surface area contributed by atoms with Crippen LogP contribution in [0.15, 0.2) is 61.2 Å². The number of hydrogen-bond donors (Lipinski definition) is 2. The first kappa shape index (κ1) is 17.6. The van der Waals surface area contributed by atoms with Crippen LogP contribution >= 0.6 is 0 Å². The Kier molecular flexibility index (Phi) is 4.21. The van der Waals surface area contributed by atoms with Crippen LogP contribution in [0.4, 0.5) is 0 Å². The number of H-pyrrole nitrogens is 1. The third kappa shape index (κ3) is 3.14. The lowest BCUT2D eigenvalue weighted by molar-refractivity contribution is -0.123. The Morgan fingerprint density at radius 1 is 1.11 bits per heavy atom. The number of carbonyl (C=O) groups is 1. The van der Waals surface area contributed by atoms with E-state index in [1.54, 1.807) is 24.6 Å². The molecule has 0 atom stereocenters. The van der Waals surface area contributed by atoms with Gasteiger partial charge >= 0.3 is 0 Å². The van der Waals surface area contributed by atoms with Gasteiger partial charge < -0.3 is 5.73 Å². The van der Waals surface area contributed by atoms with Crippen LogP contribution in [0, 0.1) is 17.3 Å². The van der Waals surface area contributed by atoms with Gasteiger partial charge in [-0.05, 0) is 37.1 Å². The molecule has 0 aliphatic rings. The molecule has 6 nitrogen and oxygen atoms in total. The molecule has 0 fully saturated rings. The van der Waals surface area contributed by atoms with E-state index in [-0.39, 0.29) is 0 Å². The quantitative estimate of drug-likeness (QED) is 0.543. The van der Waals surface area contributed by atoms with E-state index in [1.807, 2.05) is 42.9 Å². The molecule has 1 amide bonds. The van der Waals surface area contributed by atoms with E-state index in [1.165, 1.54) is 0 Å². The van der Waals surface area contributed by atoms with Gasteiger partial charge in [0.25, 0.3) is 0 Å². The Morgan fingerprint density at radius 2 is 1.86 bits per heavy atom. The molecule has 0 aliphatic heterocycles. The van der Waals surface area contributed by atoms with Crippen molar-refractivity contribution in [2.75, 3.05) is 0 Å². The molecule has 3 heterocycles. The van der Waals surface area contributed by atoms with Crippen molar-refractivity contribution in [2.24, 2.45) is 11.1 Å². The van der Waals surface area contributed by atoms with Crippen molar-refractivity contribution in [1.29, 1.82) is 0 Å². The summed E-state index contributed by atoms with van der Waals surface area (Å²) in [6, 6.07) is 12.0. The Hall–Kier alpha value is -3.85. The van der Waals surface area contributed by atoms with E-state index in [0.29, 0.717) is 0 Å². The molecule has 0 saturated heterocycles. The van der Waals surface area contributed by atoms with Crippen molar-refractivity contribution in [3.05, 3.63) is 66.7 Å². The van der Waals surface area contributed by atoms with E-state index in [2.05, 4.69) is 39.3 Å². The predicted molar refractivity (Wildman–Crippen MR) is 108 cm³/mol. The number of pyridine rings is 1. The normalized spacial score (nSPS) is 11.2. The Bertz CT molecular complexity index is 1210. The summed E-state index contributed by atoms with van der Waals surface area (Å²) in [6.45, 7) is 3.43. The lowest BCUT2D eigenvalue weighted by atomic mass is 9.93. The standard InChI is InChI=1S/C22H19N5O/c1-22(2,21(23)28)10-9-17-4-3-11-27-20(17)19(14-26-27)16-7-5-15(6-8-16)18-12-24-25-13-18/h3-8,11-14H,1-2H3,(H2,23,28)(H,24,25). The van der Waals surface area contributed by atoms with Gasteiger partial charge in [-0.2, -0.15) is 10.2 Å². The summed E-state index contributed by atoms with van der Waals surface area (Å²) in [7, 11) is 0. The van der Waals surface area contributed by atoms with Gasteiger partial charge in [-0.25, -0.2) is 4.52 Å². The summed E-state index contributed by atoms with van der Waals surface area (Å²) in [5.41, 5.74) is 10.3. The number of hydrogen-bond acceptors (Lipinski definition) is 3. The smallest absolute Gasteiger partial charge is 0.235 e. The SMILES string of the molecule is CC(C)(C#Cc1cccn2ncc(-c3ccc(-c4cn[nH]c4)cc3)c12)C(N)=O. The van der Waals surface area contributed by atoms with Crippen molar-refractivity contribution in [3.8, 4) is 34.1 Å². The van der Waals surface area contributed by atoms with E-state index in [9.17, 15) is 4.79 Å². The molecule has 4 aromatic rings. The molecule has 0 saturated carbocycles. The van der Waals surface area contributed by atoms with Gasteiger partial charge in [0.2, 0.25) is 5.91 Å². The zero-order chi connectivity index (χ0) is 19.7. The number of nitrogens with two attached hydrogens (primary N) is 1. The average molecular weight is 369 g/mol. The Balaban J connectivity index is 1.79. The zero-order valence-electron chi connectivity index (χ0n) is 15.6. The average Bonchev–Trinajstić information content (AvgIpc) is 3.36. The first-order valence-corrected chi connectivity index (χ1v) is 8.85. The molecule has 0 unspecified atom stereocenters. The summed E-state index contributed by atoms with van der Waals surface area (Å²) in [6.07, 6.45) is 7.35. The molecule has 4 rings (SSSR count). The number of nitrogens with zero attached hydrogens (tertiary/aromatic N) is 3. The molecule has 138 valence electrons. The fourth-order valence-electron chi connectivity index (χ4n) is 2.89. The number of aromatic nitrogens is 4. The Labute approximate surface area is 162 Å². The minimum atomic E-state index is -0.904. The van der Waals surface area contributed by atoms with Crippen molar-refractivity contribution in [2.45, 2.75) is 13.8 Å². The van der Waals surface area contributed by atoms with Gasteiger partial charge in [0.1, 0.15) is 5.41 Å². The predicted octanol–water partition coefficient (Wildman–Crippen LogP) is 3.25. The molecule has 28 heavy (non-hydrogen) atoms. The fourth-order valence-corrected chi connectivity index (χ4v) is 2.89. The van der Waals surface area contributed by atoms with E-state index in [4.69, 9.17) is 5.73 Å². The van der Waals surface area contributed by atoms with Crippen molar-refractivity contribution in [1.82, 2.24) is 19.8 Å². The molecular formula is C22H19N5O. The first-order valence-electron chi connectivity index (χ1n) is 8.85. The number of nitrogens with one attached hydrogen (secondary N) is 1. The highest BCUT2D eigenvalue weighted by Crippen LogP contribution is 2.29. The van der Waals surface area contributed by atoms with Crippen LogP contribution in [0.1, 0.15) is 19.4 Å². The third-order valence-corrected chi connectivity index (χ3v) is 4.69. The maximum absolute atomic E-state index is 11.6. The minimum absolute atomic E-state index is 0.449. The molecular weight excluding hydrogens is 350 g/mol. The molecule has 0 radical (unpaired) electrons. The van der Waals surface area contributed by atoms with Gasteiger partial charge in [-0.1, -0.05) is 36.1 Å². The number of primary amides is 1. The monoisotopic (exact) mass is 369 g/mol.